The van der Waals surface area contributed by atoms with Gasteiger partial charge < -0.3 is 4.74 Å². The first kappa shape index (κ1) is 8.21. The van der Waals surface area contributed by atoms with Gasteiger partial charge in [0, 0.05) is 6.07 Å². The first-order valence-corrected chi connectivity index (χ1v) is 3.19. The molecule has 4 nitrogen and oxygen atoms in total. The fourth-order valence-corrected chi connectivity index (χ4v) is 0.599. The lowest BCUT2D eigenvalue weighted by Gasteiger charge is -1.94. The number of carbonyl (C=O) groups excluding carboxylic acids is 1. The molecule has 0 N–H and O–H groups in total. The molecule has 4 heteroatoms. The molecule has 0 spiro atoms. The normalized spacial score (nSPS) is 8.08. The highest BCUT2D eigenvalue weighted by Gasteiger charge is 1.91. The van der Waals surface area contributed by atoms with Crippen LogP contribution in [0.2, 0.25) is 0 Å². The molecule has 0 amide bonds. The summed E-state index contributed by atoms with van der Waals surface area (Å²) < 4.78 is 4.78. The molecule has 0 saturated heterocycles. The van der Waals surface area contributed by atoms with Gasteiger partial charge in [-0.15, -0.1) is 10.2 Å². The van der Waals surface area contributed by atoms with E-state index in [1.165, 1.54) is 7.11 Å². The van der Waals surface area contributed by atoms with E-state index in [-0.39, 0.29) is 0 Å². The van der Waals surface area contributed by atoms with Crippen LogP contribution in [0.4, 0.5) is 0 Å². The van der Waals surface area contributed by atoms with Crippen molar-refractivity contribution in [3.63, 3.8) is 0 Å². The minimum atomic E-state index is 0.423. The highest BCUT2D eigenvalue weighted by atomic mass is 16.5. The van der Waals surface area contributed by atoms with E-state index in [0.717, 1.165) is 0 Å². The highest BCUT2D eigenvalue weighted by Crippen LogP contribution is 2.01. The number of aromatic nitrogens is 2. The number of rotatable bonds is 1. The van der Waals surface area contributed by atoms with Crippen LogP contribution in [-0.4, -0.2) is 23.6 Å². The SMILES string of the molecule is COc1ccc(C#CC=O)nn1. The van der Waals surface area contributed by atoms with E-state index in [4.69, 9.17) is 4.74 Å². The number of hydrogen-bond donors (Lipinski definition) is 0. The summed E-state index contributed by atoms with van der Waals surface area (Å²) in [6.45, 7) is 0. The number of ether oxygens (including phenoxy) is 1. The van der Waals surface area contributed by atoms with Crippen LogP contribution in [0, 0.1) is 11.8 Å². The third kappa shape index (κ3) is 2.06. The number of methoxy groups -OCH3 is 1. The zero-order chi connectivity index (χ0) is 8.81. The van der Waals surface area contributed by atoms with Crippen LogP contribution < -0.4 is 4.74 Å². The summed E-state index contributed by atoms with van der Waals surface area (Å²) in [4.78, 5) is 9.85. The molecule has 0 aliphatic carbocycles. The van der Waals surface area contributed by atoms with Gasteiger partial charge >= 0.3 is 0 Å². The van der Waals surface area contributed by atoms with Crippen molar-refractivity contribution in [3.05, 3.63) is 17.8 Å². The summed E-state index contributed by atoms with van der Waals surface area (Å²) >= 11 is 0. The number of carbonyl (C=O) groups is 1. The van der Waals surface area contributed by atoms with Crippen LogP contribution in [0.1, 0.15) is 5.69 Å². The molecule has 1 aromatic rings. The summed E-state index contributed by atoms with van der Waals surface area (Å²) in [7, 11) is 1.50. The molecule has 0 unspecified atom stereocenters. The van der Waals surface area contributed by atoms with E-state index in [0.29, 0.717) is 17.9 Å². The molecule has 0 saturated carbocycles. The van der Waals surface area contributed by atoms with Gasteiger partial charge in [-0.2, -0.15) is 0 Å². The Labute approximate surface area is 69.6 Å². The molecule has 1 heterocycles. The van der Waals surface area contributed by atoms with E-state index in [1.54, 1.807) is 12.1 Å². The molecule has 0 radical (unpaired) electrons. The van der Waals surface area contributed by atoms with Gasteiger partial charge in [-0.25, -0.2) is 0 Å². The minimum absolute atomic E-state index is 0.423. The molecule has 0 aliphatic rings. The second-order valence-corrected chi connectivity index (χ2v) is 1.85. The van der Waals surface area contributed by atoms with Crippen LogP contribution in [0.3, 0.4) is 0 Å². The van der Waals surface area contributed by atoms with Crippen molar-refractivity contribution in [1.82, 2.24) is 10.2 Å². The lowest BCUT2D eigenvalue weighted by molar-refractivity contribution is -0.103. The Morgan fingerprint density at radius 2 is 2.33 bits per heavy atom. The van der Waals surface area contributed by atoms with Gasteiger partial charge in [0.2, 0.25) is 5.88 Å². The van der Waals surface area contributed by atoms with Crippen LogP contribution in [0.15, 0.2) is 12.1 Å². The van der Waals surface area contributed by atoms with Crippen molar-refractivity contribution in [3.8, 4) is 17.7 Å². The molecule has 0 bridgehead atoms. The van der Waals surface area contributed by atoms with E-state index in [1.807, 2.05) is 0 Å². The average molecular weight is 162 g/mol. The van der Waals surface area contributed by atoms with Crippen LogP contribution in [0.25, 0.3) is 0 Å². The molecule has 0 aromatic carbocycles. The molecule has 12 heavy (non-hydrogen) atoms. The average Bonchev–Trinajstić information content (AvgIpc) is 2.15. The zero-order valence-electron chi connectivity index (χ0n) is 6.44. The largest absolute Gasteiger partial charge is 0.480 e. The quantitative estimate of drug-likeness (QED) is 0.432. The predicted octanol–water partition coefficient (Wildman–Crippen LogP) is 0.0356. The number of hydrogen-bond acceptors (Lipinski definition) is 4. The van der Waals surface area contributed by atoms with E-state index >= 15 is 0 Å². The summed E-state index contributed by atoms with van der Waals surface area (Å²) in [6, 6.07) is 3.25. The Balaban J connectivity index is 2.84. The van der Waals surface area contributed by atoms with E-state index in [2.05, 4.69) is 22.0 Å². The molecule has 0 aliphatic heterocycles. The van der Waals surface area contributed by atoms with Crippen molar-refractivity contribution in [2.75, 3.05) is 7.11 Å². The molecular formula is C8H6N2O2. The van der Waals surface area contributed by atoms with Crippen LogP contribution in [-0.2, 0) is 4.79 Å². The van der Waals surface area contributed by atoms with Crippen LogP contribution in [0.5, 0.6) is 5.88 Å². The summed E-state index contributed by atoms with van der Waals surface area (Å²) in [5.41, 5.74) is 0.447. The van der Waals surface area contributed by atoms with Crippen molar-refractivity contribution in [1.29, 1.82) is 0 Å². The number of nitrogens with zero attached hydrogens (tertiary/aromatic N) is 2. The van der Waals surface area contributed by atoms with Crippen LogP contribution >= 0.6 is 0 Å². The molecule has 1 rings (SSSR count). The standard InChI is InChI=1S/C8H6N2O2/c1-12-8-5-4-7(9-10-8)3-2-6-11/h4-6H,1H3. The third-order valence-corrected chi connectivity index (χ3v) is 1.11. The fourth-order valence-electron chi connectivity index (χ4n) is 0.599. The van der Waals surface area contributed by atoms with E-state index in [9.17, 15) is 4.79 Å². The number of aldehydes is 1. The first-order valence-electron chi connectivity index (χ1n) is 3.19. The van der Waals surface area contributed by atoms with Crippen molar-refractivity contribution in [2.45, 2.75) is 0 Å². The van der Waals surface area contributed by atoms with Crippen molar-refractivity contribution >= 4 is 6.29 Å². The third-order valence-electron chi connectivity index (χ3n) is 1.11. The summed E-state index contributed by atoms with van der Waals surface area (Å²) in [6.07, 6.45) is 0.506. The van der Waals surface area contributed by atoms with Gasteiger partial charge in [0.15, 0.2) is 6.29 Å². The molecule has 60 valence electrons. The smallest absolute Gasteiger partial charge is 0.233 e. The monoisotopic (exact) mass is 162 g/mol. The lowest BCUT2D eigenvalue weighted by atomic mass is 10.4. The second-order valence-electron chi connectivity index (χ2n) is 1.85. The second kappa shape index (κ2) is 4.09. The maximum absolute atomic E-state index is 9.85. The van der Waals surface area contributed by atoms with E-state index < -0.39 is 0 Å². The maximum atomic E-state index is 9.85. The Morgan fingerprint density at radius 3 is 2.83 bits per heavy atom. The summed E-state index contributed by atoms with van der Waals surface area (Å²) in [5, 5.41) is 7.34. The van der Waals surface area contributed by atoms with Gasteiger partial charge in [0.1, 0.15) is 5.69 Å². The Kier molecular flexibility index (Phi) is 2.79. The van der Waals surface area contributed by atoms with Gasteiger partial charge in [-0.1, -0.05) is 0 Å². The zero-order valence-corrected chi connectivity index (χ0v) is 6.44. The van der Waals surface area contributed by atoms with Crippen molar-refractivity contribution < 1.29 is 9.53 Å². The minimum Gasteiger partial charge on any atom is -0.480 e. The molecule has 0 fully saturated rings. The first-order chi connectivity index (χ1) is 5.86. The van der Waals surface area contributed by atoms with Gasteiger partial charge in [-0.05, 0) is 17.9 Å². The Bertz CT molecular complexity index is 321. The fraction of sp³-hybridized carbons (Fsp3) is 0.125. The topological polar surface area (TPSA) is 52.1 Å². The highest BCUT2D eigenvalue weighted by molar-refractivity contribution is 5.73. The molecular weight excluding hydrogens is 156 g/mol. The predicted molar refractivity (Wildman–Crippen MR) is 41.5 cm³/mol. The maximum Gasteiger partial charge on any atom is 0.233 e. The van der Waals surface area contributed by atoms with Gasteiger partial charge in [0.25, 0.3) is 0 Å². The Morgan fingerprint density at radius 1 is 1.50 bits per heavy atom. The molecule has 1 aromatic heterocycles. The summed E-state index contributed by atoms with van der Waals surface area (Å²) in [5.74, 6) is 5.15. The van der Waals surface area contributed by atoms with Crippen molar-refractivity contribution in [2.24, 2.45) is 0 Å². The van der Waals surface area contributed by atoms with Gasteiger partial charge in [0.05, 0.1) is 7.11 Å². The lowest BCUT2D eigenvalue weighted by Crippen LogP contribution is -1.91. The molecule has 0 atom stereocenters. The van der Waals surface area contributed by atoms with Gasteiger partial charge in [-0.3, -0.25) is 4.79 Å². The Hall–Kier alpha value is -1.89.